The van der Waals surface area contributed by atoms with Crippen molar-refractivity contribution >= 4 is 20.9 Å². The van der Waals surface area contributed by atoms with Gasteiger partial charge in [0.25, 0.3) is 5.56 Å². The minimum Gasteiger partial charge on any atom is -0.497 e. The average Bonchev–Trinajstić information content (AvgIpc) is 2.94. The first-order valence-corrected chi connectivity index (χ1v) is 9.42. The van der Waals surface area contributed by atoms with Crippen molar-refractivity contribution in [2.45, 2.75) is 25.2 Å². The first kappa shape index (κ1) is 18.2. The van der Waals surface area contributed by atoms with E-state index < -0.39 is 10.0 Å². The second-order valence-electron chi connectivity index (χ2n) is 5.88. The Bertz CT molecular complexity index is 1100. The largest absolute Gasteiger partial charge is 0.497 e. The molecule has 0 radical (unpaired) electrons. The van der Waals surface area contributed by atoms with Crippen LogP contribution in [0.2, 0.25) is 0 Å². The van der Waals surface area contributed by atoms with Crippen LogP contribution in [-0.4, -0.2) is 32.2 Å². The topological polar surface area (TPSA) is 114 Å². The molecular formula is C17H19N3O5S. The number of benzene rings is 1. The van der Waals surface area contributed by atoms with Gasteiger partial charge in [-0.1, -0.05) is 5.16 Å². The molecule has 0 aliphatic rings. The summed E-state index contributed by atoms with van der Waals surface area (Å²) in [7, 11) is -2.19. The van der Waals surface area contributed by atoms with Crippen molar-refractivity contribution < 1.29 is 17.7 Å². The second kappa shape index (κ2) is 6.93. The third-order valence-electron chi connectivity index (χ3n) is 4.05. The van der Waals surface area contributed by atoms with Crippen LogP contribution in [0.1, 0.15) is 17.0 Å². The monoisotopic (exact) mass is 377 g/mol. The molecule has 138 valence electrons. The number of rotatable bonds is 6. The lowest BCUT2D eigenvalue weighted by molar-refractivity contribution is 0.390. The molecule has 0 fully saturated rings. The highest BCUT2D eigenvalue weighted by atomic mass is 32.2. The number of sulfonamides is 1. The van der Waals surface area contributed by atoms with Gasteiger partial charge in [0.2, 0.25) is 10.0 Å². The van der Waals surface area contributed by atoms with Crippen LogP contribution in [0.25, 0.3) is 10.9 Å². The number of pyridine rings is 1. The van der Waals surface area contributed by atoms with E-state index in [-0.39, 0.29) is 29.2 Å². The Morgan fingerprint density at radius 2 is 2.04 bits per heavy atom. The number of nitrogens with zero attached hydrogens (tertiary/aromatic N) is 1. The summed E-state index contributed by atoms with van der Waals surface area (Å²) in [5.41, 5.74) is 1.19. The fourth-order valence-corrected chi connectivity index (χ4v) is 4.15. The lowest BCUT2D eigenvalue weighted by Gasteiger charge is -2.07. The predicted octanol–water partition coefficient (Wildman–Crippen LogP) is 1.66. The molecule has 0 spiro atoms. The molecule has 0 atom stereocenters. The summed E-state index contributed by atoms with van der Waals surface area (Å²) in [4.78, 5) is 15.1. The molecule has 0 saturated heterocycles. The van der Waals surface area contributed by atoms with E-state index in [1.165, 1.54) is 6.92 Å². The summed E-state index contributed by atoms with van der Waals surface area (Å²) >= 11 is 0. The number of aromatic amines is 1. The smallest absolute Gasteiger partial charge is 0.251 e. The van der Waals surface area contributed by atoms with Crippen LogP contribution in [0.5, 0.6) is 5.75 Å². The van der Waals surface area contributed by atoms with Gasteiger partial charge in [0.15, 0.2) is 5.76 Å². The maximum atomic E-state index is 12.4. The van der Waals surface area contributed by atoms with E-state index in [1.54, 1.807) is 32.2 Å². The third kappa shape index (κ3) is 3.49. The Labute approximate surface area is 150 Å². The highest BCUT2D eigenvalue weighted by Gasteiger charge is 2.23. The van der Waals surface area contributed by atoms with E-state index in [0.717, 1.165) is 5.39 Å². The predicted molar refractivity (Wildman–Crippen MR) is 96.0 cm³/mol. The van der Waals surface area contributed by atoms with Crippen molar-refractivity contribution in [2.24, 2.45) is 0 Å². The van der Waals surface area contributed by atoms with E-state index >= 15 is 0 Å². The number of hydrogen-bond donors (Lipinski definition) is 2. The number of ether oxygens (including phenoxy) is 1. The number of H-pyrrole nitrogens is 1. The number of hydrogen-bond acceptors (Lipinski definition) is 6. The summed E-state index contributed by atoms with van der Waals surface area (Å²) in [5, 5.41) is 4.49. The molecule has 3 rings (SSSR count). The molecule has 2 N–H and O–H groups in total. The molecule has 0 aliphatic heterocycles. The van der Waals surface area contributed by atoms with E-state index in [2.05, 4.69) is 14.9 Å². The Morgan fingerprint density at radius 1 is 1.27 bits per heavy atom. The summed E-state index contributed by atoms with van der Waals surface area (Å²) in [6.45, 7) is 3.18. The van der Waals surface area contributed by atoms with Crippen LogP contribution in [0.15, 0.2) is 38.5 Å². The quantitative estimate of drug-likeness (QED) is 0.675. The zero-order chi connectivity index (χ0) is 18.9. The Hall–Kier alpha value is -2.65. The lowest BCUT2D eigenvalue weighted by atomic mass is 10.1. The molecule has 2 heterocycles. The van der Waals surface area contributed by atoms with Gasteiger partial charge in [-0.15, -0.1) is 0 Å². The van der Waals surface area contributed by atoms with Gasteiger partial charge in [0.05, 0.1) is 12.6 Å². The molecule has 2 aromatic heterocycles. The Balaban J connectivity index is 1.78. The summed E-state index contributed by atoms with van der Waals surface area (Å²) in [6.07, 6.45) is 0.250. The van der Waals surface area contributed by atoms with Crippen molar-refractivity contribution in [2.75, 3.05) is 13.7 Å². The van der Waals surface area contributed by atoms with Crippen molar-refractivity contribution in [3.05, 3.63) is 51.6 Å². The Kier molecular flexibility index (Phi) is 4.84. The SMILES string of the molecule is COc1ccc2cc(CCNS(=O)(=O)c3c(C)noc3C)c(=O)[nH]c2c1. The first-order chi connectivity index (χ1) is 12.3. The molecule has 0 amide bonds. The molecule has 3 aromatic rings. The Morgan fingerprint density at radius 3 is 2.69 bits per heavy atom. The molecule has 1 aromatic carbocycles. The van der Waals surface area contributed by atoms with E-state index in [1.807, 2.05) is 6.07 Å². The van der Waals surface area contributed by atoms with Crippen molar-refractivity contribution in [1.82, 2.24) is 14.9 Å². The van der Waals surface area contributed by atoms with Crippen LogP contribution in [-0.2, 0) is 16.4 Å². The highest BCUT2D eigenvalue weighted by molar-refractivity contribution is 7.89. The van der Waals surface area contributed by atoms with E-state index in [4.69, 9.17) is 9.26 Å². The third-order valence-corrected chi connectivity index (χ3v) is 5.76. The second-order valence-corrected chi connectivity index (χ2v) is 7.58. The van der Waals surface area contributed by atoms with Crippen LogP contribution >= 0.6 is 0 Å². The number of aryl methyl sites for hydroxylation is 2. The molecule has 26 heavy (non-hydrogen) atoms. The fourth-order valence-electron chi connectivity index (χ4n) is 2.79. The van der Waals surface area contributed by atoms with Gasteiger partial charge in [0, 0.05) is 18.2 Å². The van der Waals surface area contributed by atoms with Crippen molar-refractivity contribution in [3.8, 4) is 5.75 Å². The van der Waals surface area contributed by atoms with Gasteiger partial charge >= 0.3 is 0 Å². The van der Waals surface area contributed by atoms with Crippen LogP contribution in [0, 0.1) is 13.8 Å². The maximum Gasteiger partial charge on any atom is 0.251 e. The van der Waals surface area contributed by atoms with Gasteiger partial charge in [-0.05, 0) is 43.9 Å². The highest BCUT2D eigenvalue weighted by Crippen LogP contribution is 2.20. The average molecular weight is 377 g/mol. The van der Waals surface area contributed by atoms with Crippen LogP contribution in [0.3, 0.4) is 0 Å². The molecule has 9 heteroatoms. The number of nitrogens with one attached hydrogen (secondary N) is 2. The van der Waals surface area contributed by atoms with Gasteiger partial charge in [-0.2, -0.15) is 0 Å². The molecule has 0 saturated carbocycles. The first-order valence-electron chi connectivity index (χ1n) is 7.94. The zero-order valence-electron chi connectivity index (χ0n) is 14.6. The maximum absolute atomic E-state index is 12.4. The molecule has 0 aliphatic carbocycles. The minimum absolute atomic E-state index is 0.0389. The van der Waals surface area contributed by atoms with Crippen LogP contribution in [0.4, 0.5) is 0 Å². The lowest BCUT2D eigenvalue weighted by Crippen LogP contribution is -2.28. The molecular weight excluding hydrogens is 358 g/mol. The molecule has 0 unspecified atom stereocenters. The van der Waals surface area contributed by atoms with E-state index in [9.17, 15) is 13.2 Å². The summed E-state index contributed by atoms with van der Waals surface area (Å²) in [5.74, 6) is 0.876. The van der Waals surface area contributed by atoms with Gasteiger partial charge in [0.1, 0.15) is 16.3 Å². The number of aromatic nitrogens is 2. The van der Waals surface area contributed by atoms with Gasteiger partial charge < -0.3 is 14.2 Å². The zero-order valence-corrected chi connectivity index (χ0v) is 15.4. The number of methoxy groups -OCH3 is 1. The number of fused-ring (bicyclic) bond motifs is 1. The van der Waals surface area contributed by atoms with Crippen LogP contribution < -0.4 is 15.0 Å². The fraction of sp³-hybridized carbons (Fsp3) is 0.294. The van der Waals surface area contributed by atoms with Crippen molar-refractivity contribution in [1.29, 1.82) is 0 Å². The van der Waals surface area contributed by atoms with Gasteiger partial charge in [-0.25, -0.2) is 13.1 Å². The molecule has 0 bridgehead atoms. The summed E-state index contributed by atoms with van der Waals surface area (Å²) in [6, 6.07) is 7.12. The minimum atomic E-state index is -3.75. The van der Waals surface area contributed by atoms with E-state index in [0.29, 0.717) is 22.5 Å². The molecule has 8 nitrogen and oxygen atoms in total. The van der Waals surface area contributed by atoms with Gasteiger partial charge in [-0.3, -0.25) is 4.79 Å². The van der Waals surface area contributed by atoms with Crippen molar-refractivity contribution in [3.63, 3.8) is 0 Å². The summed E-state index contributed by atoms with van der Waals surface area (Å²) < 4.78 is 37.3. The normalized spacial score (nSPS) is 11.8. The standard InChI is InChI=1S/C17H19N3O5S/c1-10-16(11(2)25-20-10)26(22,23)18-7-6-13-8-12-4-5-14(24-3)9-15(12)19-17(13)21/h4-5,8-9,18H,6-7H2,1-3H3,(H,19,21).